The van der Waals surface area contributed by atoms with Crippen molar-refractivity contribution in [2.24, 2.45) is 4.99 Å². The van der Waals surface area contributed by atoms with Crippen LogP contribution in [0, 0.1) is 0 Å². The van der Waals surface area contributed by atoms with Gasteiger partial charge in [-0.15, -0.1) is 24.0 Å². The Morgan fingerprint density at radius 2 is 1.44 bits per heavy atom. The highest BCUT2D eigenvalue weighted by molar-refractivity contribution is 14.0. The third-order valence-corrected chi connectivity index (χ3v) is 3.69. The number of hydrogen-bond acceptors (Lipinski definition) is 4. The normalized spacial score (nSPS) is 10.4. The number of ether oxygens (including phenoxy) is 2. The molecule has 0 radical (unpaired) electrons. The maximum Gasteiger partial charge on any atom is 0.411 e. The highest BCUT2D eigenvalue weighted by Crippen LogP contribution is 2.11. The first-order chi connectivity index (χ1) is 12.6. The van der Waals surface area contributed by atoms with Gasteiger partial charge in [-0.2, -0.15) is 0 Å². The largest absolute Gasteiger partial charge is 0.497 e. The van der Waals surface area contributed by atoms with Gasteiger partial charge in [0, 0.05) is 25.8 Å². The van der Waals surface area contributed by atoms with Crippen molar-refractivity contribution in [3.63, 3.8) is 0 Å². The smallest absolute Gasteiger partial charge is 0.411 e. The van der Waals surface area contributed by atoms with Gasteiger partial charge in [-0.3, -0.25) is 10.3 Å². The van der Waals surface area contributed by atoms with Crippen molar-refractivity contribution in [3.05, 3.63) is 59.7 Å². The fraction of sp³-hybridized carbons (Fsp3) is 0.263. The molecular formula is C19H25IN4O3. The predicted octanol–water partition coefficient (Wildman–Crippen LogP) is 3.36. The van der Waals surface area contributed by atoms with E-state index in [4.69, 9.17) is 4.74 Å². The summed E-state index contributed by atoms with van der Waals surface area (Å²) in [5.74, 6) is 1.54. The molecule has 7 nitrogen and oxygen atoms in total. The fourth-order valence-corrected chi connectivity index (χ4v) is 2.21. The zero-order valence-electron chi connectivity index (χ0n) is 15.6. The number of amides is 1. The Kier molecular flexibility index (Phi) is 10.0. The van der Waals surface area contributed by atoms with E-state index in [1.165, 1.54) is 7.11 Å². The molecule has 0 heterocycles. The number of nitrogens with one attached hydrogen (secondary N) is 3. The number of carbonyl (C=O) groups excluding carboxylic acids is 1. The molecule has 0 aliphatic carbocycles. The van der Waals surface area contributed by atoms with Crippen LogP contribution in [0.2, 0.25) is 0 Å². The Balaban J connectivity index is 0.00000364. The lowest BCUT2D eigenvalue weighted by Crippen LogP contribution is -2.36. The summed E-state index contributed by atoms with van der Waals surface area (Å²) in [7, 11) is 4.71. The molecule has 0 fully saturated rings. The molecule has 3 N–H and O–H groups in total. The Bertz CT molecular complexity index is 734. The lowest BCUT2D eigenvalue weighted by molar-refractivity contribution is 0.187. The molecule has 146 valence electrons. The average Bonchev–Trinajstić information content (AvgIpc) is 2.69. The monoisotopic (exact) mass is 484 g/mol. The van der Waals surface area contributed by atoms with Gasteiger partial charge in [-0.05, 0) is 35.4 Å². The van der Waals surface area contributed by atoms with Gasteiger partial charge in [0.1, 0.15) is 5.75 Å². The van der Waals surface area contributed by atoms with Crippen LogP contribution >= 0.6 is 24.0 Å². The van der Waals surface area contributed by atoms with E-state index in [2.05, 4.69) is 25.7 Å². The number of hydrogen-bond donors (Lipinski definition) is 3. The van der Waals surface area contributed by atoms with E-state index in [1.807, 2.05) is 48.5 Å². The van der Waals surface area contributed by atoms with E-state index < -0.39 is 6.09 Å². The van der Waals surface area contributed by atoms with Crippen molar-refractivity contribution < 1.29 is 14.3 Å². The van der Waals surface area contributed by atoms with E-state index in [1.54, 1.807) is 14.2 Å². The molecule has 0 spiro atoms. The second kappa shape index (κ2) is 12.0. The fourth-order valence-electron chi connectivity index (χ4n) is 2.21. The van der Waals surface area contributed by atoms with E-state index >= 15 is 0 Å². The molecule has 0 aliphatic rings. The maximum absolute atomic E-state index is 11.2. The van der Waals surface area contributed by atoms with E-state index in [9.17, 15) is 4.79 Å². The van der Waals surface area contributed by atoms with Crippen LogP contribution in [0.4, 0.5) is 10.5 Å². The van der Waals surface area contributed by atoms with Crippen LogP contribution in [0.25, 0.3) is 0 Å². The summed E-state index contributed by atoms with van der Waals surface area (Å²) >= 11 is 0. The lowest BCUT2D eigenvalue weighted by Gasteiger charge is -2.12. The number of anilines is 1. The molecule has 27 heavy (non-hydrogen) atoms. The lowest BCUT2D eigenvalue weighted by atomic mass is 10.2. The molecule has 0 atom stereocenters. The van der Waals surface area contributed by atoms with Crippen LogP contribution < -0.4 is 20.7 Å². The molecule has 0 unspecified atom stereocenters. The van der Waals surface area contributed by atoms with Gasteiger partial charge in [-0.1, -0.05) is 24.3 Å². The van der Waals surface area contributed by atoms with Crippen molar-refractivity contribution in [3.8, 4) is 5.75 Å². The molecular weight excluding hydrogens is 459 g/mol. The van der Waals surface area contributed by atoms with Crippen molar-refractivity contribution in [2.75, 3.05) is 26.6 Å². The summed E-state index contributed by atoms with van der Waals surface area (Å²) in [4.78, 5) is 15.4. The number of methoxy groups -OCH3 is 2. The molecule has 8 heteroatoms. The molecule has 2 rings (SSSR count). The summed E-state index contributed by atoms with van der Waals surface area (Å²) in [5, 5.41) is 9.13. The van der Waals surface area contributed by atoms with Gasteiger partial charge in [0.25, 0.3) is 0 Å². The molecule has 0 bridgehead atoms. The van der Waals surface area contributed by atoms with Crippen LogP contribution in [0.1, 0.15) is 11.1 Å². The van der Waals surface area contributed by atoms with Gasteiger partial charge in [0.15, 0.2) is 5.96 Å². The number of halogens is 1. The minimum atomic E-state index is -0.487. The first kappa shape index (κ1) is 22.6. The zero-order valence-corrected chi connectivity index (χ0v) is 17.9. The van der Waals surface area contributed by atoms with Crippen molar-refractivity contribution in [1.82, 2.24) is 10.6 Å². The van der Waals surface area contributed by atoms with E-state index in [0.717, 1.165) is 16.9 Å². The average molecular weight is 484 g/mol. The van der Waals surface area contributed by atoms with Gasteiger partial charge in [0.2, 0.25) is 0 Å². The predicted molar refractivity (Wildman–Crippen MR) is 118 cm³/mol. The number of nitrogens with zero attached hydrogens (tertiary/aromatic N) is 1. The third kappa shape index (κ3) is 7.73. The second-order valence-corrected chi connectivity index (χ2v) is 5.44. The molecule has 2 aromatic carbocycles. The minimum Gasteiger partial charge on any atom is -0.497 e. The summed E-state index contributed by atoms with van der Waals surface area (Å²) in [5.41, 5.74) is 2.88. The van der Waals surface area contributed by atoms with Gasteiger partial charge in [-0.25, -0.2) is 4.79 Å². The van der Waals surface area contributed by atoms with Crippen LogP contribution in [0.5, 0.6) is 5.75 Å². The van der Waals surface area contributed by atoms with Gasteiger partial charge >= 0.3 is 6.09 Å². The zero-order chi connectivity index (χ0) is 18.8. The molecule has 0 aliphatic heterocycles. The van der Waals surface area contributed by atoms with Gasteiger partial charge < -0.3 is 20.1 Å². The SMILES string of the molecule is CN=C(NCc1ccc(NC(=O)OC)cc1)NCc1ccc(OC)cc1.I. The molecule has 2 aromatic rings. The summed E-state index contributed by atoms with van der Waals surface area (Å²) in [6.07, 6.45) is -0.487. The highest BCUT2D eigenvalue weighted by atomic mass is 127. The quantitative estimate of drug-likeness (QED) is 0.333. The first-order valence-corrected chi connectivity index (χ1v) is 8.16. The van der Waals surface area contributed by atoms with Crippen molar-refractivity contribution >= 4 is 41.7 Å². The third-order valence-electron chi connectivity index (χ3n) is 3.69. The first-order valence-electron chi connectivity index (χ1n) is 8.16. The van der Waals surface area contributed by atoms with Crippen LogP contribution in [0.3, 0.4) is 0 Å². The Morgan fingerprint density at radius 3 is 1.89 bits per heavy atom. The Hall–Kier alpha value is -2.49. The van der Waals surface area contributed by atoms with Crippen LogP contribution in [-0.2, 0) is 17.8 Å². The number of guanidine groups is 1. The van der Waals surface area contributed by atoms with E-state index in [-0.39, 0.29) is 24.0 Å². The summed E-state index contributed by atoms with van der Waals surface area (Å²) in [6.45, 7) is 1.27. The maximum atomic E-state index is 11.2. The minimum absolute atomic E-state index is 0. The molecule has 1 amide bonds. The number of benzene rings is 2. The van der Waals surface area contributed by atoms with Crippen molar-refractivity contribution in [1.29, 1.82) is 0 Å². The highest BCUT2D eigenvalue weighted by Gasteiger charge is 2.02. The van der Waals surface area contributed by atoms with Crippen LogP contribution in [0.15, 0.2) is 53.5 Å². The topological polar surface area (TPSA) is 84.0 Å². The molecule has 0 saturated carbocycles. The molecule has 0 aromatic heterocycles. The number of aliphatic imine (C=N–C) groups is 1. The van der Waals surface area contributed by atoms with Crippen LogP contribution in [-0.4, -0.2) is 33.3 Å². The Morgan fingerprint density at radius 1 is 0.926 bits per heavy atom. The summed E-state index contributed by atoms with van der Waals surface area (Å²) < 4.78 is 9.71. The van der Waals surface area contributed by atoms with Gasteiger partial charge in [0.05, 0.1) is 14.2 Å². The standard InChI is InChI=1S/C19H24N4O3.HI/c1-20-18(22-13-15-6-10-17(25-2)11-7-15)21-12-14-4-8-16(9-5-14)23-19(24)26-3;/h4-11H,12-13H2,1-3H3,(H,23,24)(H2,20,21,22);1H. The Labute approximate surface area is 176 Å². The van der Waals surface area contributed by atoms with Crippen molar-refractivity contribution in [2.45, 2.75) is 13.1 Å². The molecule has 0 saturated heterocycles. The summed E-state index contributed by atoms with van der Waals surface area (Å²) in [6, 6.07) is 15.4. The number of carbonyl (C=O) groups is 1. The van der Waals surface area contributed by atoms with E-state index in [0.29, 0.717) is 24.7 Å². The second-order valence-electron chi connectivity index (χ2n) is 5.44. The number of rotatable bonds is 6.